The van der Waals surface area contributed by atoms with E-state index in [1.165, 1.54) is 38.5 Å². The van der Waals surface area contributed by atoms with E-state index in [1.54, 1.807) is 6.07 Å². The standard InChI is InChI=1S/C16H16FNO5S/c1-21-12-4-6-15(22-2)16(10-12)24(19,20)18-7-8-23-14-5-3-11(17)9-13(14)18/h3-6,9-10H,7-8H2,1-2H3. The van der Waals surface area contributed by atoms with Crippen molar-refractivity contribution in [2.24, 2.45) is 0 Å². The molecule has 0 amide bonds. The number of anilines is 1. The first-order valence-corrected chi connectivity index (χ1v) is 8.58. The quantitative estimate of drug-likeness (QED) is 0.845. The molecule has 0 saturated carbocycles. The Morgan fingerprint density at radius 3 is 2.62 bits per heavy atom. The van der Waals surface area contributed by atoms with E-state index >= 15 is 0 Å². The van der Waals surface area contributed by atoms with Crippen LogP contribution in [0.3, 0.4) is 0 Å². The number of benzene rings is 2. The lowest BCUT2D eigenvalue weighted by molar-refractivity contribution is 0.315. The molecule has 0 aromatic heterocycles. The van der Waals surface area contributed by atoms with Gasteiger partial charge in [0.05, 0.1) is 26.5 Å². The van der Waals surface area contributed by atoms with Crippen molar-refractivity contribution in [3.63, 3.8) is 0 Å². The van der Waals surface area contributed by atoms with E-state index in [0.29, 0.717) is 11.5 Å². The third kappa shape index (κ3) is 2.73. The van der Waals surface area contributed by atoms with Gasteiger partial charge in [0.1, 0.15) is 34.6 Å². The molecule has 0 saturated heterocycles. The van der Waals surface area contributed by atoms with E-state index in [0.717, 1.165) is 10.4 Å². The normalized spacial score (nSPS) is 13.9. The Morgan fingerprint density at radius 2 is 1.92 bits per heavy atom. The summed E-state index contributed by atoms with van der Waals surface area (Å²) >= 11 is 0. The number of methoxy groups -OCH3 is 2. The van der Waals surface area contributed by atoms with Crippen LogP contribution in [0.5, 0.6) is 17.2 Å². The van der Waals surface area contributed by atoms with Gasteiger partial charge in [-0.15, -0.1) is 0 Å². The first kappa shape index (κ1) is 16.4. The molecule has 0 atom stereocenters. The van der Waals surface area contributed by atoms with Gasteiger partial charge in [0, 0.05) is 12.1 Å². The maximum Gasteiger partial charge on any atom is 0.268 e. The largest absolute Gasteiger partial charge is 0.497 e. The minimum Gasteiger partial charge on any atom is -0.497 e. The molecular formula is C16H16FNO5S. The van der Waals surface area contributed by atoms with E-state index in [2.05, 4.69) is 0 Å². The summed E-state index contributed by atoms with van der Waals surface area (Å²) < 4.78 is 56.6. The van der Waals surface area contributed by atoms with Crippen LogP contribution in [0.15, 0.2) is 41.3 Å². The molecule has 1 aliphatic heterocycles. The zero-order valence-electron chi connectivity index (χ0n) is 13.2. The van der Waals surface area contributed by atoms with Gasteiger partial charge in [-0.1, -0.05) is 0 Å². The lowest BCUT2D eigenvalue weighted by atomic mass is 10.2. The molecule has 2 aromatic carbocycles. The summed E-state index contributed by atoms with van der Waals surface area (Å²) in [6.45, 7) is 0.239. The summed E-state index contributed by atoms with van der Waals surface area (Å²) in [5.74, 6) is 0.326. The molecule has 1 aliphatic rings. The van der Waals surface area contributed by atoms with Gasteiger partial charge in [0.25, 0.3) is 10.0 Å². The van der Waals surface area contributed by atoms with Crippen LogP contribution in [0.1, 0.15) is 0 Å². The van der Waals surface area contributed by atoms with Gasteiger partial charge in [-0.2, -0.15) is 0 Å². The predicted molar refractivity (Wildman–Crippen MR) is 86.0 cm³/mol. The van der Waals surface area contributed by atoms with Crippen LogP contribution < -0.4 is 18.5 Å². The maximum atomic E-state index is 13.6. The molecule has 0 bridgehead atoms. The van der Waals surface area contributed by atoms with E-state index in [1.807, 2.05) is 0 Å². The number of rotatable bonds is 4. The Morgan fingerprint density at radius 1 is 1.12 bits per heavy atom. The van der Waals surface area contributed by atoms with Crippen molar-refractivity contribution >= 4 is 15.7 Å². The van der Waals surface area contributed by atoms with Crippen molar-refractivity contribution in [2.75, 3.05) is 31.7 Å². The molecule has 24 heavy (non-hydrogen) atoms. The molecule has 0 spiro atoms. The Balaban J connectivity index is 2.15. The molecule has 0 fully saturated rings. The molecule has 0 N–H and O–H groups in total. The van der Waals surface area contributed by atoms with Crippen LogP contribution in [-0.4, -0.2) is 35.8 Å². The van der Waals surface area contributed by atoms with Crippen LogP contribution >= 0.6 is 0 Å². The molecular weight excluding hydrogens is 337 g/mol. The highest BCUT2D eigenvalue weighted by molar-refractivity contribution is 7.93. The zero-order valence-corrected chi connectivity index (χ0v) is 14.0. The van der Waals surface area contributed by atoms with Crippen molar-refractivity contribution in [2.45, 2.75) is 4.90 Å². The fourth-order valence-electron chi connectivity index (χ4n) is 2.52. The molecule has 0 radical (unpaired) electrons. The van der Waals surface area contributed by atoms with Gasteiger partial charge >= 0.3 is 0 Å². The predicted octanol–water partition coefficient (Wildman–Crippen LogP) is 2.43. The molecule has 0 unspecified atom stereocenters. The SMILES string of the molecule is COc1ccc(OC)c(S(=O)(=O)N2CCOc3ccc(F)cc32)c1. The highest BCUT2D eigenvalue weighted by Crippen LogP contribution is 2.38. The second kappa shape index (κ2) is 6.20. The summed E-state index contributed by atoms with van der Waals surface area (Å²) in [7, 11) is -1.16. The molecule has 128 valence electrons. The Kier molecular flexibility index (Phi) is 4.23. The summed E-state index contributed by atoms with van der Waals surface area (Å²) in [4.78, 5) is -0.0542. The average molecular weight is 353 g/mol. The van der Waals surface area contributed by atoms with Crippen LogP contribution in [0, 0.1) is 5.82 Å². The van der Waals surface area contributed by atoms with Gasteiger partial charge in [-0.25, -0.2) is 12.8 Å². The number of nitrogens with zero attached hydrogens (tertiary/aromatic N) is 1. The number of ether oxygens (including phenoxy) is 3. The summed E-state index contributed by atoms with van der Waals surface area (Å²) in [6.07, 6.45) is 0. The molecule has 0 aliphatic carbocycles. The number of halogens is 1. The minimum atomic E-state index is -3.99. The van der Waals surface area contributed by atoms with Crippen molar-refractivity contribution in [1.29, 1.82) is 0 Å². The monoisotopic (exact) mass is 353 g/mol. The number of sulfonamides is 1. The Hall–Kier alpha value is -2.48. The second-order valence-corrected chi connectivity index (χ2v) is 6.89. The van der Waals surface area contributed by atoms with Gasteiger partial charge in [-0.05, 0) is 24.3 Å². The van der Waals surface area contributed by atoms with Crippen LogP contribution in [0.4, 0.5) is 10.1 Å². The molecule has 3 rings (SSSR count). The smallest absolute Gasteiger partial charge is 0.268 e. The highest BCUT2D eigenvalue weighted by Gasteiger charge is 2.33. The van der Waals surface area contributed by atoms with E-state index in [4.69, 9.17) is 14.2 Å². The molecule has 2 aromatic rings. The van der Waals surface area contributed by atoms with Crippen molar-refractivity contribution < 1.29 is 27.0 Å². The van der Waals surface area contributed by atoms with Crippen LogP contribution in [-0.2, 0) is 10.0 Å². The summed E-state index contributed by atoms with van der Waals surface area (Å²) in [6, 6.07) is 8.26. The molecule has 1 heterocycles. The number of hydrogen-bond donors (Lipinski definition) is 0. The van der Waals surface area contributed by atoms with E-state index < -0.39 is 15.8 Å². The number of hydrogen-bond acceptors (Lipinski definition) is 5. The van der Waals surface area contributed by atoms with Crippen molar-refractivity contribution in [1.82, 2.24) is 0 Å². The minimum absolute atomic E-state index is 0.0542. The van der Waals surface area contributed by atoms with Gasteiger partial charge in [-0.3, -0.25) is 4.31 Å². The first-order chi connectivity index (χ1) is 11.5. The number of fused-ring (bicyclic) bond motifs is 1. The van der Waals surface area contributed by atoms with Crippen LogP contribution in [0.2, 0.25) is 0 Å². The van der Waals surface area contributed by atoms with Crippen molar-refractivity contribution in [3.8, 4) is 17.2 Å². The van der Waals surface area contributed by atoms with Crippen LogP contribution in [0.25, 0.3) is 0 Å². The lowest BCUT2D eigenvalue weighted by Gasteiger charge is -2.30. The fourth-order valence-corrected chi connectivity index (χ4v) is 4.15. The second-order valence-electron chi connectivity index (χ2n) is 5.05. The maximum absolute atomic E-state index is 13.6. The van der Waals surface area contributed by atoms with E-state index in [-0.39, 0.29) is 29.5 Å². The zero-order chi connectivity index (χ0) is 17.3. The van der Waals surface area contributed by atoms with Gasteiger partial charge in [0.15, 0.2) is 0 Å². The topological polar surface area (TPSA) is 65.1 Å². The third-order valence-electron chi connectivity index (χ3n) is 3.68. The van der Waals surface area contributed by atoms with Crippen molar-refractivity contribution in [3.05, 3.63) is 42.2 Å². The fraction of sp³-hybridized carbons (Fsp3) is 0.250. The lowest BCUT2D eigenvalue weighted by Crippen LogP contribution is -2.38. The van der Waals surface area contributed by atoms with Gasteiger partial charge in [0.2, 0.25) is 0 Å². The first-order valence-electron chi connectivity index (χ1n) is 7.14. The Labute approximate surface area is 139 Å². The van der Waals surface area contributed by atoms with Gasteiger partial charge < -0.3 is 14.2 Å². The highest BCUT2D eigenvalue weighted by atomic mass is 32.2. The summed E-state index contributed by atoms with van der Waals surface area (Å²) in [5, 5.41) is 0. The molecule has 8 heteroatoms. The Bertz CT molecular complexity index is 869. The van der Waals surface area contributed by atoms with E-state index in [9.17, 15) is 12.8 Å². The third-order valence-corrected chi connectivity index (χ3v) is 5.51. The summed E-state index contributed by atoms with van der Waals surface area (Å²) in [5.41, 5.74) is 0.158. The average Bonchev–Trinajstić information content (AvgIpc) is 2.60. The molecule has 6 nitrogen and oxygen atoms in total.